The summed E-state index contributed by atoms with van der Waals surface area (Å²) in [5.74, 6) is 0. The van der Waals surface area contributed by atoms with Gasteiger partial charge in [0, 0.05) is 19.9 Å². The molecule has 0 fully saturated rings. The van der Waals surface area contributed by atoms with E-state index in [1.54, 1.807) is 11.3 Å². The molecular formula is C22H25BrS. The van der Waals surface area contributed by atoms with Crippen LogP contribution in [0.5, 0.6) is 0 Å². The van der Waals surface area contributed by atoms with Gasteiger partial charge in [0.05, 0.1) is 0 Å². The molecule has 0 N–H and O–H groups in total. The van der Waals surface area contributed by atoms with Gasteiger partial charge in [0.2, 0.25) is 0 Å². The molecule has 1 heterocycles. The molecule has 0 spiro atoms. The minimum atomic E-state index is 1.20. The predicted molar refractivity (Wildman–Crippen MR) is 112 cm³/mol. The zero-order valence-corrected chi connectivity index (χ0v) is 16.8. The van der Waals surface area contributed by atoms with Crippen LogP contribution in [0.3, 0.4) is 0 Å². The highest BCUT2D eigenvalue weighted by Gasteiger charge is 2.04. The number of hydrogen-bond donors (Lipinski definition) is 0. The van der Waals surface area contributed by atoms with Crippen molar-refractivity contribution in [1.29, 1.82) is 0 Å². The van der Waals surface area contributed by atoms with Crippen molar-refractivity contribution in [3.05, 3.63) is 57.9 Å². The molecule has 2 aromatic carbocycles. The van der Waals surface area contributed by atoms with Crippen LogP contribution >= 0.6 is 27.3 Å². The van der Waals surface area contributed by atoms with Gasteiger partial charge in [-0.2, -0.15) is 0 Å². The molecule has 0 aliphatic heterocycles. The average Bonchev–Trinajstić information content (AvgIpc) is 2.99. The molecule has 3 aromatic rings. The molecule has 0 aliphatic rings. The summed E-state index contributed by atoms with van der Waals surface area (Å²) in [4.78, 5) is 0. The topological polar surface area (TPSA) is 0 Å². The summed E-state index contributed by atoms with van der Waals surface area (Å²) in [7, 11) is 0. The van der Waals surface area contributed by atoms with Gasteiger partial charge in [-0.25, -0.2) is 0 Å². The first-order chi connectivity index (χ1) is 11.8. The molecule has 0 atom stereocenters. The van der Waals surface area contributed by atoms with Gasteiger partial charge in [-0.05, 0) is 51.5 Å². The first-order valence-corrected chi connectivity index (χ1v) is 10.7. The summed E-state index contributed by atoms with van der Waals surface area (Å²) >= 11 is 5.41. The predicted octanol–water partition coefficient (Wildman–Crippen LogP) is 8.23. The van der Waals surface area contributed by atoms with Gasteiger partial charge < -0.3 is 0 Å². The highest BCUT2D eigenvalue weighted by atomic mass is 79.9. The van der Waals surface area contributed by atoms with Crippen LogP contribution in [0.25, 0.3) is 21.2 Å². The van der Waals surface area contributed by atoms with Gasteiger partial charge in [0.25, 0.3) is 0 Å². The van der Waals surface area contributed by atoms with Crippen molar-refractivity contribution >= 4 is 37.4 Å². The lowest BCUT2D eigenvalue weighted by Crippen LogP contribution is -1.87. The fourth-order valence-corrected chi connectivity index (χ4v) is 4.76. The number of fused-ring (bicyclic) bond motifs is 1. The zero-order valence-electron chi connectivity index (χ0n) is 14.4. The summed E-state index contributed by atoms with van der Waals surface area (Å²) in [6, 6.07) is 15.9. The van der Waals surface area contributed by atoms with Crippen LogP contribution in [0.2, 0.25) is 0 Å². The maximum absolute atomic E-state index is 3.61. The van der Waals surface area contributed by atoms with E-state index in [2.05, 4.69) is 70.7 Å². The Morgan fingerprint density at radius 1 is 0.833 bits per heavy atom. The van der Waals surface area contributed by atoms with E-state index in [1.807, 2.05) is 0 Å². The highest BCUT2D eigenvalue weighted by Crippen LogP contribution is 2.33. The Bertz CT molecular complexity index is 770. The summed E-state index contributed by atoms with van der Waals surface area (Å²) in [6.07, 6.45) is 9.40. The Balaban J connectivity index is 1.59. The molecule has 0 amide bonds. The van der Waals surface area contributed by atoms with Gasteiger partial charge in [-0.1, -0.05) is 75.4 Å². The van der Waals surface area contributed by atoms with Crippen molar-refractivity contribution < 1.29 is 0 Å². The average molecular weight is 401 g/mol. The Kier molecular flexibility index (Phi) is 6.51. The largest absolute Gasteiger partial charge is 0.143 e. The molecule has 2 heteroatoms. The smallest absolute Gasteiger partial charge is 0.0361 e. The van der Waals surface area contributed by atoms with Crippen LogP contribution in [-0.2, 0) is 6.42 Å². The summed E-state index contributed by atoms with van der Waals surface area (Å²) in [6.45, 7) is 2.27. The Morgan fingerprint density at radius 2 is 1.54 bits per heavy atom. The number of aryl methyl sites for hydroxylation is 1. The van der Waals surface area contributed by atoms with Crippen molar-refractivity contribution in [3.63, 3.8) is 0 Å². The van der Waals surface area contributed by atoms with Crippen LogP contribution in [0, 0.1) is 0 Å². The molecule has 0 radical (unpaired) electrons. The first-order valence-electron chi connectivity index (χ1n) is 9.04. The van der Waals surface area contributed by atoms with Crippen LogP contribution in [0.15, 0.2) is 52.3 Å². The molecule has 0 aliphatic carbocycles. The lowest BCUT2D eigenvalue weighted by atomic mass is 10.0. The molecular weight excluding hydrogens is 376 g/mol. The second-order valence-corrected chi connectivity index (χ2v) is 8.27. The minimum absolute atomic E-state index is 1.20. The number of halogens is 1. The van der Waals surface area contributed by atoms with Crippen molar-refractivity contribution in [2.24, 2.45) is 0 Å². The summed E-state index contributed by atoms with van der Waals surface area (Å²) < 4.78 is 2.54. The van der Waals surface area contributed by atoms with Crippen LogP contribution in [-0.4, -0.2) is 0 Å². The first kappa shape index (κ1) is 17.7. The van der Waals surface area contributed by atoms with E-state index < -0.39 is 0 Å². The van der Waals surface area contributed by atoms with Crippen molar-refractivity contribution in [3.8, 4) is 11.1 Å². The van der Waals surface area contributed by atoms with Crippen LogP contribution < -0.4 is 0 Å². The van der Waals surface area contributed by atoms with Crippen molar-refractivity contribution in [2.75, 3.05) is 0 Å². The minimum Gasteiger partial charge on any atom is -0.143 e. The molecule has 0 bridgehead atoms. The molecule has 0 nitrogen and oxygen atoms in total. The standard InChI is InChI=1S/C22H25BrS/c1-2-3-4-5-6-7-8-17-9-11-18(12-10-17)19-13-14-20-21(23)16-24-22(20)15-19/h9-16H,2-8H2,1H3. The van der Waals surface area contributed by atoms with E-state index in [0.29, 0.717) is 0 Å². The molecule has 0 saturated heterocycles. The molecule has 24 heavy (non-hydrogen) atoms. The number of hydrogen-bond acceptors (Lipinski definition) is 1. The monoisotopic (exact) mass is 400 g/mol. The number of benzene rings is 2. The Labute approximate surface area is 158 Å². The third-order valence-corrected chi connectivity index (χ3v) is 6.54. The molecule has 126 valence electrons. The van der Waals surface area contributed by atoms with E-state index in [0.717, 1.165) is 0 Å². The number of rotatable bonds is 8. The quantitative estimate of drug-likeness (QED) is 0.334. The van der Waals surface area contributed by atoms with Crippen molar-refractivity contribution in [2.45, 2.75) is 51.9 Å². The third kappa shape index (κ3) is 4.49. The Hall–Kier alpha value is -1.12. The second kappa shape index (κ2) is 8.82. The van der Waals surface area contributed by atoms with E-state index >= 15 is 0 Å². The zero-order chi connectivity index (χ0) is 16.8. The van der Waals surface area contributed by atoms with Gasteiger partial charge in [-0.3, -0.25) is 0 Å². The maximum Gasteiger partial charge on any atom is 0.0361 e. The van der Waals surface area contributed by atoms with E-state index in [4.69, 9.17) is 0 Å². The highest BCUT2D eigenvalue weighted by molar-refractivity contribution is 9.10. The van der Waals surface area contributed by atoms with Gasteiger partial charge in [0.1, 0.15) is 0 Å². The van der Waals surface area contributed by atoms with Gasteiger partial charge in [-0.15, -0.1) is 11.3 Å². The summed E-state index contributed by atoms with van der Waals surface area (Å²) in [5.41, 5.74) is 4.09. The molecule has 0 saturated carbocycles. The van der Waals surface area contributed by atoms with Gasteiger partial charge >= 0.3 is 0 Å². The number of thiophene rings is 1. The third-order valence-electron chi connectivity index (χ3n) is 4.63. The molecule has 0 unspecified atom stereocenters. The molecule has 1 aromatic heterocycles. The van der Waals surface area contributed by atoms with E-state index in [9.17, 15) is 0 Å². The fraction of sp³-hybridized carbons (Fsp3) is 0.364. The van der Waals surface area contributed by atoms with E-state index in [-0.39, 0.29) is 0 Å². The maximum atomic E-state index is 3.61. The lowest BCUT2D eigenvalue weighted by Gasteiger charge is -2.06. The Morgan fingerprint density at radius 3 is 2.33 bits per heavy atom. The lowest BCUT2D eigenvalue weighted by molar-refractivity contribution is 0.607. The summed E-state index contributed by atoms with van der Waals surface area (Å²) in [5, 5.41) is 3.47. The van der Waals surface area contributed by atoms with E-state index in [1.165, 1.54) is 76.2 Å². The van der Waals surface area contributed by atoms with Crippen LogP contribution in [0.1, 0.15) is 51.0 Å². The second-order valence-electron chi connectivity index (χ2n) is 6.51. The van der Waals surface area contributed by atoms with Gasteiger partial charge in [0.15, 0.2) is 0 Å². The van der Waals surface area contributed by atoms with Crippen LogP contribution in [0.4, 0.5) is 0 Å². The fourth-order valence-electron chi connectivity index (χ4n) is 3.15. The number of unbranched alkanes of at least 4 members (excludes halogenated alkanes) is 5. The van der Waals surface area contributed by atoms with Crippen molar-refractivity contribution in [1.82, 2.24) is 0 Å². The SMILES string of the molecule is CCCCCCCCc1ccc(-c2ccc3c(Br)csc3c2)cc1. The normalized spacial score (nSPS) is 11.2. The molecule has 3 rings (SSSR count).